The molecule has 0 bridgehead atoms. The number of hydrogen-bond acceptors (Lipinski definition) is 5. The van der Waals surface area contributed by atoms with Gasteiger partial charge in [-0.1, -0.05) is 0 Å². The summed E-state index contributed by atoms with van der Waals surface area (Å²) in [5.74, 6) is 0. The first-order valence-corrected chi connectivity index (χ1v) is 8.83. The monoisotopic (exact) mass is 323 g/mol. The van der Waals surface area contributed by atoms with Gasteiger partial charge in [-0.2, -0.15) is 9.40 Å². The lowest BCUT2D eigenvalue weighted by Crippen LogP contribution is -2.43. The van der Waals surface area contributed by atoms with Gasteiger partial charge in [0.25, 0.3) is 0 Å². The van der Waals surface area contributed by atoms with E-state index in [4.69, 9.17) is 0 Å². The van der Waals surface area contributed by atoms with Crippen LogP contribution in [0.15, 0.2) is 17.2 Å². The average Bonchev–Trinajstić information content (AvgIpc) is 2.81. The molecule has 3 heterocycles. The van der Waals surface area contributed by atoms with Gasteiger partial charge in [-0.25, -0.2) is 13.4 Å². The van der Waals surface area contributed by atoms with Gasteiger partial charge in [0.2, 0.25) is 10.0 Å². The van der Waals surface area contributed by atoms with Crippen molar-refractivity contribution in [2.24, 2.45) is 7.05 Å². The number of rotatable bonds is 3. The molecule has 1 N–H and O–H groups in total. The van der Waals surface area contributed by atoms with E-state index in [9.17, 15) is 8.42 Å². The van der Waals surface area contributed by atoms with Crippen molar-refractivity contribution in [3.05, 3.63) is 18.0 Å². The molecule has 22 heavy (non-hydrogen) atoms. The van der Waals surface area contributed by atoms with Crippen LogP contribution < -0.4 is 5.32 Å². The number of hydrogen-bond donors (Lipinski definition) is 1. The van der Waals surface area contributed by atoms with Crippen molar-refractivity contribution in [3.63, 3.8) is 0 Å². The third-order valence-electron chi connectivity index (χ3n) is 4.34. The summed E-state index contributed by atoms with van der Waals surface area (Å²) < 4.78 is 28.8. The van der Waals surface area contributed by atoms with Crippen LogP contribution >= 0.6 is 0 Å². The number of nitrogens with zero attached hydrogens (tertiary/aromatic N) is 4. The predicted molar refractivity (Wildman–Crippen MR) is 84.1 cm³/mol. The molecule has 0 radical (unpaired) electrons. The Labute approximate surface area is 130 Å². The largest absolute Gasteiger partial charge is 0.317 e. The Morgan fingerprint density at radius 2 is 2.05 bits per heavy atom. The molecule has 2 aromatic rings. The molecule has 120 valence electrons. The minimum absolute atomic E-state index is 0.0388. The molecule has 0 aromatic carbocycles. The predicted octanol–water partition coefficient (Wildman–Crippen LogP) is 0.649. The Balaban J connectivity index is 1.99. The molecule has 1 aliphatic heterocycles. The lowest BCUT2D eigenvalue weighted by Gasteiger charge is -2.30. The molecular weight excluding hydrogens is 302 g/mol. The fraction of sp³-hybridized carbons (Fsp3) is 0.571. The quantitative estimate of drug-likeness (QED) is 0.897. The van der Waals surface area contributed by atoms with E-state index in [2.05, 4.69) is 15.4 Å². The third kappa shape index (κ3) is 2.51. The van der Waals surface area contributed by atoms with Crippen LogP contribution in [0, 0.1) is 6.92 Å². The Morgan fingerprint density at radius 1 is 1.36 bits per heavy atom. The zero-order valence-electron chi connectivity index (χ0n) is 13.1. The van der Waals surface area contributed by atoms with Crippen LogP contribution in [0.4, 0.5) is 0 Å². The lowest BCUT2D eigenvalue weighted by atomic mass is 10.1. The number of nitrogens with one attached hydrogen (secondary N) is 1. The first-order chi connectivity index (χ1) is 10.4. The molecule has 2 aromatic heterocycles. The average molecular weight is 323 g/mol. The maximum Gasteiger partial charge on any atom is 0.244 e. The molecule has 1 aliphatic rings. The topological polar surface area (TPSA) is 80.1 Å². The maximum atomic E-state index is 12.8. The van der Waals surface area contributed by atoms with E-state index >= 15 is 0 Å². The smallest absolute Gasteiger partial charge is 0.244 e. The molecular formula is C14H21N5O2S. The minimum atomic E-state index is -3.53. The van der Waals surface area contributed by atoms with Crippen LogP contribution in [0.1, 0.15) is 18.5 Å². The van der Waals surface area contributed by atoms with Crippen molar-refractivity contribution < 1.29 is 8.42 Å². The van der Waals surface area contributed by atoms with Gasteiger partial charge in [-0.3, -0.25) is 4.68 Å². The molecule has 3 rings (SSSR count). The van der Waals surface area contributed by atoms with Crippen LogP contribution in [-0.2, 0) is 17.1 Å². The summed E-state index contributed by atoms with van der Waals surface area (Å²) in [5.41, 5.74) is 1.48. The highest BCUT2D eigenvalue weighted by molar-refractivity contribution is 7.89. The molecule has 7 nitrogen and oxygen atoms in total. The maximum absolute atomic E-state index is 12.8. The van der Waals surface area contributed by atoms with Crippen LogP contribution in [0.25, 0.3) is 11.0 Å². The fourth-order valence-electron chi connectivity index (χ4n) is 2.96. The van der Waals surface area contributed by atoms with Crippen molar-refractivity contribution in [1.82, 2.24) is 24.4 Å². The van der Waals surface area contributed by atoms with Crippen molar-refractivity contribution in [2.45, 2.75) is 30.7 Å². The molecule has 8 heteroatoms. The van der Waals surface area contributed by atoms with E-state index in [1.807, 2.05) is 6.92 Å². The van der Waals surface area contributed by atoms with E-state index < -0.39 is 10.0 Å². The third-order valence-corrected chi connectivity index (χ3v) is 6.21. The normalized spacial score (nSPS) is 17.5. The van der Waals surface area contributed by atoms with E-state index in [1.54, 1.807) is 24.8 Å². The Bertz CT molecular complexity index is 793. The second-order valence-corrected chi connectivity index (χ2v) is 7.75. The van der Waals surface area contributed by atoms with Gasteiger partial charge in [-0.15, -0.1) is 0 Å². The van der Waals surface area contributed by atoms with E-state index in [0.29, 0.717) is 5.65 Å². The molecule has 0 aliphatic carbocycles. The molecule has 0 unspecified atom stereocenters. The van der Waals surface area contributed by atoms with E-state index in [1.165, 1.54) is 10.5 Å². The summed E-state index contributed by atoms with van der Waals surface area (Å²) in [6.07, 6.45) is 3.09. The van der Waals surface area contributed by atoms with Crippen LogP contribution in [0.3, 0.4) is 0 Å². The molecule has 1 fully saturated rings. The number of aryl methyl sites for hydroxylation is 2. The van der Waals surface area contributed by atoms with Gasteiger partial charge < -0.3 is 5.32 Å². The number of fused-ring (bicyclic) bond motifs is 1. The first kappa shape index (κ1) is 15.4. The summed E-state index contributed by atoms with van der Waals surface area (Å²) in [5, 5.41) is 8.32. The van der Waals surface area contributed by atoms with E-state index in [-0.39, 0.29) is 10.9 Å². The van der Waals surface area contributed by atoms with Crippen LogP contribution in [0.5, 0.6) is 0 Å². The molecule has 0 amide bonds. The fourth-order valence-corrected chi connectivity index (χ4v) is 4.35. The molecule has 0 atom stereocenters. The van der Waals surface area contributed by atoms with Gasteiger partial charge in [0.15, 0.2) is 5.65 Å². The number of piperidine rings is 1. The van der Waals surface area contributed by atoms with Gasteiger partial charge in [0, 0.05) is 31.7 Å². The highest BCUT2D eigenvalue weighted by Crippen LogP contribution is 2.24. The molecule has 1 saturated heterocycles. The lowest BCUT2D eigenvalue weighted by molar-refractivity contribution is 0.296. The summed E-state index contributed by atoms with van der Waals surface area (Å²) in [4.78, 5) is 4.51. The first-order valence-electron chi connectivity index (χ1n) is 7.39. The van der Waals surface area contributed by atoms with Crippen LogP contribution in [-0.4, -0.2) is 53.7 Å². The van der Waals surface area contributed by atoms with Gasteiger partial charge in [0.1, 0.15) is 4.90 Å². The van der Waals surface area contributed by atoms with Crippen molar-refractivity contribution in [2.75, 3.05) is 20.1 Å². The Morgan fingerprint density at radius 3 is 2.73 bits per heavy atom. The van der Waals surface area contributed by atoms with Gasteiger partial charge in [-0.05, 0) is 38.9 Å². The number of aromatic nitrogens is 3. The highest BCUT2D eigenvalue weighted by Gasteiger charge is 2.29. The summed E-state index contributed by atoms with van der Waals surface area (Å²) >= 11 is 0. The Hall–Kier alpha value is -1.51. The second-order valence-electron chi connectivity index (χ2n) is 5.75. The summed E-state index contributed by atoms with van der Waals surface area (Å²) in [6.45, 7) is 3.56. The van der Waals surface area contributed by atoms with Crippen molar-refractivity contribution >= 4 is 21.1 Å². The van der Waals surface area contributed by atoms with E-state index in [0.717, 1.165) is 37.0 Å². The number of sulfonamides is 1. The SMILES string of the molecule is Cc1nn(C)c2ncc(S(=O)(=O)N(C)C3CCNCC3)cc12. The molecule has 0 spiro atoms. The van der Waals surface area contributed by atoms with Crippen molar-refractivity contribution in [3.8, 4) is 0 Å². The van der Waals surface area contributed by atoms with Crippen molar-refractivity contribution in [1.29, 1.82) is 0 Å². The second kappa shape index (κ2) is 5.60. The summed E-state index contributed by atoms with van der Waals surface area (Å²) in [7, 11) is -0.0700. The zero-order chi connectivity index (χ0) is 15.9. The number of pyridine rings is 1. The Kier molecular flexibility index (Phi) is 3.92. The molecule has 0 saturated carbocycles. The summed E-state index contributed by atoms with van der Waals surface area (Å²) in [6, 6.07) is 1.72. The highest BCUT2D eigenvalue weighted by atomic mass is 32.2. The van der Waals surface area contributed by atoms with Gasteiger partial charge >= 0.3 is 0 Å². The van der Waals surface area contributed by atoms with Crippen LogP contribution in [0.2, 0.25) is 0 Å². The zero-order valence-corrected chi connectivity index (χ0v) is 13.9. The van der Waals surface area contributed by atoms with Gasteiger partial charge in [0.05, 0.1) is 5.69 Å². The minimum Gasteiger partial charge on any atom is -0.317 e. The standard InChI is InChI=1S/C14H21N5O2S/c1-10-13-8-12(9-16-14(13)18(2)17-10)22(20,21)19(3)11-4-6-15-7-5-11/h8-9,11,15H,4-7H2,1-3H3.